The molecule has 0 aliphatic carbocycles. The molecule has 1 heterocycles. The summed E-state index contributed by atoms with van der Waals surface area (Å²) in [6.07, 6.45) is 12.0. The zero-order valence-corrected chi connectivity index (χ0v) is 31.2. The average Bonchev–Trinajstić information content (AvgIpc) is 3.29. The number of anilines is 2. The third kappa shape index (κ3) is 11.6. The van der Waals surface area contributed by atoms with Crippen LogP contribution in [0.4, 0.5) is 11.4 Å². The van der Waals surface area contributed by atoms with Crippen LogP contribution in [0.3, 0.4) is 0 Å². The minimum Gasteiger partial charge on any atom is -0.481 e. The molecule has 2 aromatic carbocycles. The molecular weight excluding hydrogens is 721 g/mol. The van der Waals surface area contributed by atoms with Gasteiger partial charge in [-0.05, 0) is 91.8 Å². The molecule has 0 amide bonds. The Morgan fingerprint density at radius 2 is 1.53 bits per heavy atom. The molecule has 2 aromatic rings. The molecule has 1 aliphatic heterocycles. The molecule has 280 valence electrons. The normalized spacial score (nSPS) is 17.6. The molecule has 1 unspecified atom stereocenters. The Balaban J connectivity index is 1.83. The van der Waals surface area contributed by atoms with Crippen molar-refractivity contribution in [3.05, 3.63) is 95.8 Å². The first-order chi connectivity index (χ1) is 23.6. The van der Waals surface area contributed by atoms with E-state index in [2.05, 4.69) is 17.2 Å². The highest BCUT2D eigenvalue weighted by molar-refractivity contribution is 7.86. The van der Waals surface area contributed by atoms with Crippen LogP contribution in [0.15, 0.2) is 94.4 Å². The van der Waals surface area contributed by atoms with Gasteiger partial charge in [0.05, 0.1) is 15.5 Å². The zero-order valence-electron chi connectivity index (χ0n) is 28.8. The molecule has 0 aromatic heterocycles. The monoisotopic (exact) mass is 766 g/mol. The van der Waals surface area contributed by atoms with Crippen LogP contribution >= 0.6 is 0 Å². The molecule has 0 bridgehead atoms. The fraction of sp³-hybridized carbons (Fsp3) is 0.400. The number of benzene rings is 2. The number of nitrogens with one attached hydrogen (secondary N) is 2. The van der Waals surface area contributed by atoms with Crippen molar-refractivity contribution in [2.45, 2.75) is 86.3 Å². The Bertz CT molecular complexity index is 2050. The molecule has 0 saturated heterocycles. The summed E-state index contributed by atoms with van der Waals surface area (Å²) in [5.41, 5.74) is 2.32. The molecule has 0 saturated carbocycles. The molecule has 3 rings (SSSR count). The molecule has 0 fully saturated rings. The van der Waals surface area contributed by atoms with Crippen LogP contribution in [-0.4, -0.2) is 62.3 Å². The van der Waals surface area contributed by atoms with Gasteiger partial charge in [-0.1, -0.05) is 57.6 Å². The van der Waals surface area contributed by atoms with Crippen molar-refractivity contribution < 1.29 is 48.8 Å². The van der Waals surface area contributed by atoms with E-state index < -0.39 is 47.2 Å². The number of hydrogen-bond acceptors (Lipinski definition) is 9. The maximum Gasteiger partial charge on any atom is 0.303 e. The van der Waals surface area contributed by atoms with Crippen LogP contribution < -0.4 is 10.6 Å². The second-order valence-corrected chi connectivity index (χ2v) is 17.6. The number of carboxylic acid groups (broad SMARTS) is 1. The average molecular weight is 767 g/mol. The van der Waals surface area contributed by atoms with E-state index in [9.17, 15) is 39.2 Å². The predicted molar refractivity (Wildman–Crippen MR) is 197 cm³/mol. The Morgan fingerprint density at radius 1 is 0.882 bits per heavy atom. The first kappa shape index (κ1) is 41.6. The van der Waals surface area contributed by atoms with Crippen LogP contribution in [0.5, 0.6) is 0 Å². The van der Waals surface area contributed by atoms with Crippen molar-refractivity contribution in [3.8, 4) is 0 Å². The van der Waals surface area contributed by atoms with Gasteiger partial charge in [-0.2, -0.15) is 25.3 Å². The number of carboxylic acids is 1. The lowest BCUT2D eigenvalue weighted by molar-refractivity contribution is -0.137. The van der Waals surface area contributed by atoms with E-state index in [0.29, 0.717) is 66.7 Å². The highest BCUT2D eigenvalue weighted by Crippen LogP contribution is 2.47. The molecule has 51 heavy (non-hydrogen) atoms. The Hall–Kier alpha value is -3.80. The van der Waals surface area contributed by atoms with Gasteiger partial charge in [0.25, 0.3) is 30.4 Å². The zero-order chi connectivity index (χ0) is 38.3. The van der Waals surface area contributed by atoms with Gasteiger partial charge >= 0.3 is 5.97 Å². The summed E-state index contributed by atoms with van der Waals surface area (Å²) >= 11 is 0. The quantitative estimate of drug-likeness (QED) is 0.0510. The van der Waals surface area contributed by atoms with Gasteiger partial charge in [-0.25, -0.2) is 0 Å². The van der Waals surface area contributed by atoms with Crippen molar-refractivity contribution in [2.24, 2.45) is 0 Å². The van der Waals surface area contributed by atoms with Crippen LogP contribution in [0.1, 0.15) is 76.8 Å². The molecule has 1 aliphatic rings. The van der Waals surface area contributed by atoms with Gasteiger partial charge < -0.3 is 15.7 Å². The first-order valence-electron chi connectivity index (χ1n) is 16.2. The van der Waals surface area contributed by atoms with E-state index in [1.165, 1.54) is 30.3 Å². The minimum atomic E-state index is -4.52. The van der Waals surface area contributed by atoms with Crippen molar-refractivity contribution in [2.75, 3.05) is 22.9 Å². The molecule has 6 N–H and O–H groups in total. The Labute approximate surface area is 300 Å². The van der Waals surface area contributed by atoms with Gasteiger partial charge in [0.1, 0.15) is 0 Å². The third-order valence-electron chi connectivity index (χ3n) is 9.01. The number of hydrogen-bond donors (Lipinski definition) is 6. The van der Waals surface area contributed by atoms with Crippen molar-refractivity contribution in [3.63, 3.8) is 0 Å². The SMILES string of the molecule is C=C(/C=C/C=C/C=C1/Nc2ccc(S(=O)(=O)O)cc2C1(C)CCCCCC(=O)O)C(C)(C)c1cc(S(=O)(=O)O)ccc1NCCCCS(=O)(=O)O. The lowest BCUT2D eigenvalue weighted by Gasteiger charge is -2.29. The fourth-order valence-corrected chi connectivity index (χ4v) is 7.44. The molecule has 1 atom stereocenters. The van der Waals surface area contributed by atoms with Gasteiger partial charge in [0, 0.05) is 40.9 Å². The van der Waals surface area contributed by atoms with E-state index in [1.54, 1.807) is 30.4 Å². The summed E-state index contributed by atoms with van der Waals surface area (Å²) in [5, 5.41) is 15.5. The first-order valence-corrected chi connectivity index (χ1v) is 20.7. The maximum atomic E-state index is 12.0. The number of unbranched alkanes of at least 4 members (excludes halogenated alkanes) is 3. The van der Waals surface area contributed by atoms with Gasteiger partial charge in [0.15, 0.2) is 0 Å². The van der Waals surface area contributed by atoms with E-state index >= 15 is 0 Å². The van der Waals surface area contributed by atoms with Crippen molar-refractivity contribution in [1.29, 1.82) is 0 Å². The predicted octanol–water partition coefficient (Wildman–Crippen LogP) is 6.51. The fourth-order valence-electron chi connectivity index (χ4n) is 5.86. The summed E-state index contributed by atoms with van der Waals surface area (Å²) in [7, 11) is -13.0. The highest BCUT2D eigenvalue weighted by Gasteiger charge is 2.39. The second kappa shape index (κ2) is 16.7. The van der Waals surface area contributed by atoms with Gasteiger partial charge in [-0.3, -0.25) is 18.5 Å². The van der Waals surface area contributed by atoms with Crippen LogP contribution in [0.25, 0.3) is 0 Å². The van der Waals surface area contributed by atoms with E-state index in [1.807, 2.05) is 26.8 Å². The lowest BCUT2D eigenvalue weighted by Crippen LogP contribution is -2.22. The van der Waals surface area contributed by atoms with Crippen molar-refractivity contribution in [1.82, 2.24) is 0 Å². The number of aliphatic carboxylic acids is 1. The van der Waals surface area contributed by atoms with Crippen molar-refractivity contribution >= 4 is 47.7 Å². The Kier molecular flexibility index (Phi) is 13.6. The molecule has 0 spiro atoms. The van der Waals surface area contributed by atoms with Crippen LogP contribution in [0, 0.1) is 0 Å². The van der Waals surface area contributed by atoms with E-state index in [0.717, 1.165) is 5.70 Å². The topological polar surface area (TPSA) is 224 Å². The summed E-state index contributed by atoms with van der Waals surface area (Å²) in [4.78, 5) is 10.4. The number of carbonyl (C=O) groups is 1. The summed E-state index contributed by atoms with van der Waals surface area (Å²) in [6, 6.07) is 8.49. The number of fused-ring (bicyclic) bond motifs is 1. The summed E-state index contributed by atoms with van der Waals surface area (Å²) < 4.78 is 98.1. The third-order valence-corrected chi connectivity index (χ3v) is 11.5. The van der Waals surface area contributed by atoms with Gasteiger partial charge in [0.2, 0.25) is 0 Å². The highest BCUT2D eigenvalue weighted by atomic mass is 32.2. The molecule has 16 heteroatoms. The van der Waals surface area contributed by atoms with E-state index in [-0.39, 0.29) is 28.4 Å². The Morgan fingerprint density at radius 3 is 2.16 bits per heavy atom. The molecule has 13 nitrogen and oxygen atoms in total. The van der Waals surface area contributed by atoms with Gasteiger partial charge in [-0.15, -0.1) is 0 Å². The number of allylic oxidation sites excluding steroid dienone is 7. The molecule has 0 radical (unpaired) electrons. The minimum absolute atomic E-state index is 0.0573. The summed E-state index contributed by atoms with van der Waals surface area (Å²) in [6.45, 7) is 10.2. The van der Waals surface area contributed by atoms with Crippen LogP contribution in [-0.2, 0) is 46.0 Å². The second-order valence-electron chi connectivity index (χ2n) is 13.2. The van der Waals surface area contributed by atoms with E-state index in [4.69, 9.17) is 9.66 Å². The maximum absolute atomic E-state index is 12.0. The standard InChI is InChI=1S/C35H46N2O11S3/c1-25(34(2,3)28-23-26(50(43,44)45)16-18-30(28)36-21-11-12-22-49(40,41)42)13-7-5-8-14-32-35(4,20-10-6-9-15-33(38)39)29-24-27(51(46,47)48)17-19-31(29)37-32/h5,7-8,13-14,16-19,23-24,36-37H,1,6,9-12,15,20-22H2,2-4H3,(H,38,39)(H,40,41,42)(H,43,44,45)(H,46,47,48)/b8-5+,13-7+,32-14+. The molecular formula is C35H46N2O11S3. The van der Waals surface area contributed by atoms with Crippen LogP contribution in [0.2, 0.25) is 0 Å². The lowest BCUT2D eigenvalue weighted by atomic mass is 9.77. The smallest absolute Gasteiger partial charge is 0.303 e. The summed E-state index contributed by atoms with van der Waals surface area (Å²) in [5.74, 6) is -1.25. The largest absolute Gasteiger partial charge is 0.481 e. The number of rotatable bonds is 19.